The van der Waals surface area contributed by atoms with Crippen LogP contribution in [-0.4, -0.2) is 24.2 Å². The molecular weight excluding hydrogens is 1060 g/mol. The van der Waals surface area contributed by atoms with Crippen LogP contribution < -0.4 is 15.6 Å². The van der Waals surface area contributed by atoms with E-state index in [0.29, 0.717) is 47.3 Å². The third kappa shape index (κ3) is 12.4. The van der Waals surface area contributed by atoms with Crippen molar-refractivity contribution >= 4 is 50.9 Å². The molecular formula is C74H104Si3Zr. The number of hydrogen-bond donors (Lipinski definition) is 0. The van der Waals surface area contributed by atoms with E-state index in [4.69, 9.17) is 0 Å². The maximum absolute atomic E-state index is 3.72. The molecule has 4 aliphatic rings. The summed E-state index contributed by atoms with van der Waals surface area (Å²) < 4.78 is 0. The molecule has 9 unspecified atom stereocenters. The molecule has 0 amide bonds. The molecule has 0 bridgehead atoms. The van der Waals surface area contributed by atoms with Crippen molar-refractivity contribution in [2.45, 2.75) is 157 Å². The van der Waals surface area contributed by atoms with Crippen LogP contribution in [0.1, 0.15) is 119 Å². The van der Waals surface area contributed by atoms with Crippen molar-refractivity contribution in [3.05, 3.63) is 225 Å². The van der Waals surface area contributed by atoms with Gasteiger partial charge in [-0.15, -0.1) is 12.1 Å². The van der Waals surface area contributed by atoms with Gasteiger partial charge >= 0.3 is 26.2 Å². The molecule has 0 heterocycles. The van der Waals surface area contributed by atoms with Gasteiger partial charge in [-0.25, -0.2) is 0 Å². The van der Waals surface area contributed by atoms with Gasteiger partial charge in [-0.2, -0.15) is 24.6 Å². The van der Waals surface area contributed by atoms with E-state index in [2.05, 4.69) is 224 Å². The van der Waals surface area contributed by atoms with E-state index in [1.807, 2.05) is 30.3 Å². The fourth-order valence-electron chi connectivity index (χ4n) is 16.3. The molecule has 9 rings (SSSR count). The maximum Gasteiger partial charge on any atom is 4.00 e. The zero-order valence-corrected chi connectivity index (χ0v) is 57.6. The number of hydrogen-bond acceptors (Lipinski definition) is 0. The van der Waals surface area contributed by atoms with Gasteiger partial charge in [0.2, 0.25) is 0 Å². The topological polar surface area (TPSA) is 0 Å². The smallest absolute Gasteiger partial charge is 0.358 e. The molecule has 0 saturated heterocycles. The van der Waals surface area contributed by atoms with Crippen LogP contribution in [-0.2, 0) is 38.0 Å². The summed E-state index contributed by atoms with van der Waals surface area (Å²) in [7, 11) is -5.52. The molecule has 78 heavy (non-hydrogen) atoms. The zero-order valence-electron chi connectivity index (χ0n) is 52.1. The Kier molecular flexibility index (Phi) is 24.0. The second-order valence-corrected chi connectivity index (χ2v) is 40.3. The first kappa shape index (κ1) is 67.0. The first-order chi connectivity index (χ1) is 35.5. The van der Waals surface area contributed by atoms with Crippen LogP contribution in [0, 0.1) is 90.4 Å². The van der Waals surface area contributed by atoms with Crippen LogP contribution >= 0.6 is 0 Å². The SMILES string of the molecule is CCC[Si](C)(CC)c1cc(C(c2cc(C)cc([Si](CC)(CC)CC)c2CC)(C2C(C)CC3C(c4ccccc4)=CC=CC32)C2C(C)CC3C(c4ccccc4)=CC=CC32)c(C)c([Si](C)(C)C)c1.[CH2-]c1ccccc1.[CH3-].[CH3-].[CH3-].[Zr+4]. The van der Waals surface area contributed by atoms with Gasteiger partial charge in [0.05, 0.1) is 24.2 Å². The monoisotopic (exact) mass is 1170 g/mol. The molecule has 5 aromatic rings. The van der Waals surface area contributed by atoms with Crippen molar-refractivity contribution in [3.63, 3.8) is 0 Å². The van der Waals surface area contributed by atoms with Crippen molar-refractivity contribution in [1.82, 2.24) is 0 Å². The third-order valence-corrected chi connectivity index (χ3v) is 32.7. The molecule has 0 radical (unpaired) electrons. The number of aryl methyl sites for hydroxylation is 1. The normalized spacial score (nSPS) is 23.7. The van der Waals surface area contributed by atoms with E-state index in [9.17, 15) is 0 Å². The summed E-state index contributed by atoms with van der Waals surface area (Å²) in [4.78, 5) is 0. The molecule has 0 aromatic heterocycles. The fourth-order valence-corrected chi connectivity index (χ4v) is 25.6. The van der Waals surface area contributed by atoms with E-state index in [1.165, 1.54) is 66.2 Å². The van der Waals surface area contributed by atoms with Crippen LogP contribution in [0.4, 0.5) is 0 Å². The van der Waals surface area contributed by atoms with E-state index >= 15 is 0 Å². The summed E-state index contributed by atoms with van der Waals surface area (Å²) in [5.74, 6) is 3.74. The number of benzene rings is 5. The summed E-state index contributed by atoms with van der Waals surface area (Å²) >= 11 is 0. The van der Waals surface area contributed by atoms with E-state index < -0.39 is 24.2 Å². The van der Waals surface area contributed by atoms with E-state index in [1.54, 1.807) is 49.0 Å². The molecule has 4 heteroatoms. The van der Waals surface area contributed by atoms with Gasteiger partial charge in [0.25, 0.3) is 0 Å². The molecule has 0 spiro atoms. The predicted molar refractivity (Wildman–Crippen MR) is 355 cm³/mol. The minimum absolute atomic E-state index is 0. The van der Waals surface area contributed by atoms with Gasteiger partial charge in [0.1, 0.15) is 0 Å². The zero-order chi connectivity index (χ0) is 53.2. The molecule has 2 saturated carbocycles. The number of rotatable bonds is 16. The Bertz CT molecular complexity index is 2730. The van der Waals surface area contributed by atoms with Gasteiger partial charge in [0.15, 0.2) is 0 Å². The molecule has 0 N–H and O–H groups in total. The molecule has 2 fully saturated rings. The summed E-state index contributed by atoms with van der Waals surface area (Å²) in [6.45, 7) is 40.2. The molecule has 4 aliphatic carbocycles. The Hall–Kier alpha value is -3.54. The average molecular weight is 1170 g/mol. The number of allylic oxidation sites excluding steroid dienone is 8. The Labute approximate surface area is 502 Å². The maximum atomic E-state index is 3.72. The largest absolute Gasteiger partial charge is 4.00 e. The van der Waals surface area contributed by atoms with Gasteiger partial charge in [-0.3, -0.25) is 0 Å². The third-order valence-electron chi connectivity index (χ3n) is 20.1. The summed E-state index contributed by atoms with van der Waals surface area (Å²) in [5.41, 5.74) is 15.2. The van der Waals surface area contributed by atoms with Crippen molar-refractivity contribution in [3.8, 4) is 0 Å². The molecule has 0 aliphatic heterocycles. The fraction of sp³-hybridized carbons (Fsp3) is 0.432. The molecule has 5 aromatic carbocycles. The summed E-state index contributed by atoms with van der Waals surface area (Å²) in [6.07, 6.45) is 20.3. The second kappa shape index (κ2) is 28.0. The Morgan fingerprint density at radius 2 is 1.03 bits per heavy atom. The minimum atomic E-state index is -1.84. The minimum Gasteiger partial charge on any atom is -0.358 e. The van der Waals surface area contributed by atoms with Crippen molar-refractivity contribution in [2.24, 2.45) is 47.3 Å². The van der Waals surface area contributed by atoms with Crippen molar-refractivity contribution in [2.75, 3.05) is 0 Å². The van der Waals surface area contributed by atoms with Crippen LogP contribution in [0.15, 0.2) is 152 Å². The van der Waals surface area contributed by atoms with Gasteiger partial charge in [0, 0.05) is 5.41 Å². The first-order valence-corrected chi connectivity index (χ1v) is 38.6. The van der Waals surface area contributed by atoms with Crippen LogP contribution in [0.5, 0.6) is 0 Å². The van der Waals surface area contributed by atoms with Gasteiger partial charge < -0.3 is 22.3 Å². The van der Waals surface area contributed by atoms with Crippen LogP contribution in [0.3, 0.4) is 0 Å². The quantitative estimate of drug-likeness (QED) is 0.0682. The summed E-state index contributed by atoms with van der Waals surface area (Å²) in [5, 5.41) is 5.29. The van der Waals surface area contributed by atoms with Crippen LogP contribution in [0.2, 0.25) is 56.4 Å². The second-order valence-electron chi connectivity index (χ2n) is 25.1. The molecule has 9 atom stereocenters. The Morgan fingerprint density at radius 1 is 0.564 bits per heavy atom. The van der Waals surface area contributed by atoms with Crippen molar-refractivity contribution < 1.29 is 26.2 Å². The Morgan fingerprint density at radius 3 is 1.41 bits per heavy atom. The van der Waals surface area contributed by atoms with E-state index in [0.717, 1.165) is 12.0 Å². The predicted octanol–water partition coefficient (Wildman–Crippen LogP) is 19.4. The molecule has 0 nitrogen and oxygen atoms in total. The van der Waals surface area contributed by atoms with E-state index in [-0.39, 0.29) is 53.9 Å². The number of fused-ring (bicyclic) bond motifs is 2. The van der Waals surface area contributed by atoms with Crippen molar-refractivity contribution in [1.29, 1.82) is 0 Å². The molecule has 416 valence electrons. The van der Waals surface area contributed by atoms with Crippen LogP contribution in [0.25, 0.3) is 11.1 Å². The summed E-state index contributed by atoms with van der Waals surface area (Å²) in [6, 6.07) is 50.9. The van der Waals surface area contributed by atoms with Gasteiger partial charge in [-0.1, -0.05) is 267 Å². The Balaban J connectivity index is 0.00000111. The first-order valence-electron chi connectivity index (χ1n) is 29.5. The standard InChI is InChI=1S/C64H88Si3.C7H7.3CH3.Zr/c1-15-37-66(14,17-3)50-42-58(47(10)60(43-50)65(11,12)13)64(59-38-44(7)39-61(51(59)16-2)67(18-4,19-5)20-6,62-45(8)40-56-52(33-27-35-54(56)62)48-29-23-21-24-30-48)63-46(9)41-57-53(34-28-36-55(57)63)49-31-25-22-26-32-49;1-7-5-3-2-4-6-7;;;;/h21-36,38-39,42-43,45-46,54-57,62-63H,15-20,37,40-41H2,1-14H3;2-6H,1H2;3*1H3;/q;4*-1;+4. The van der Waals surface area contributed by atoms with Gasteiger partial charge in [-0.05, 0) is 125 Å². The average Bonchev–Trinajstić information content (AvgIpc) is 3.94.